The molecule has 0 amide bonds. The van der Waals surface area contributed by atoms with Gasteiger partial charge in [-0.05, 0) is 30.3 Å². The van der Waals surface area contributed by atoms with Gasteiger partial charge in [-0.15, -0.1) is 10.2 Å². The smallest absolute Gasteiger partial charge is 0.334 e. The highest BCUT2D eigenvalue weighted by Gasteiger charge is 2.22. The van der Waals surface area contributed by atoms with Gasteiger partial charge in [0.25, 0.3) is 5.89 Å². The molecule has 0 atom stereocenters. The molecular weight excluding hydrogens is 501 g/mol. The molecule has 6 rings (SSSR count). The van der Waals surface area contributed by atoms with Crippen LogP contribution in [0.1, 0.15) is 18.0 Å². The maximum atomic E-state index is 15.4. The summed E-state index contributed by atoms with van der Waals surface area (Å²) in [6.07, 6.45) is 1.70. The van der Waals surface area contributed by atoms with E-state index in [2.05, 4.69) is 25.5 Å². The van der Waals surface area contributed by atoms with Gasteiger partial charge in [-0.25, -0.2) is 9.18 Å². The summed E-state index contributed by atoms with van der Waals surface area (Å²) in [4.78, 5) is 24.1. The van der Waals surface area contributed by atoms with E-state index >= 15 is 4.39 Å². The Morgan fingerprint density at radius 2 is 1.89 bits per heavy atom. The predicted molar refractivity (Wildman–Crippen MR) is 132 cm³/mol. The molecule has 5 heterocycles. The van der Waals surface area contributed by atoms with Crippen molar-refractivity contribution in [2.45, 2.75) is 13.0 Å². The molecule has 5 aromatic rings. The van der Waals surface area contributed by atoms with Crippen molar-refractivity contribution in [1.29, 1.82) is 0 Å². The highest BCUT2D eigenvalue weighted by Crippen LogP contribution is 2.28. The average Bonchev–Trinajstić information content (AvgIpc) is 3.54. The summed E-state index contributed by atoms with van der Waals surface area (Å²) in [6.45, 7) is 2.82. The molecule has 4 aromatic heterocycles. The van der Waals surface area contributed by atoms with Crippen molar-refractivity contribution in [3.05, 3.63) is 82.9 Å². The number of anilines is 1. The van der Waals surface area contributed by atoms with Crippen molar-refractivity contribution >= 4 is 16.7 Å². The van der Waals surface area contributed by atoms with Crippen molar-refractivity contribution in [2.24, 2.45) is 0 Å². The third-order valence-corrected chi connectivity index (χ3v) is 6.38. The number of fused-ring (bicyclic) bond motifs is 1. The molecule has 0 saturated carbocycles. The minimum Gasteiger partial charge on any atom is -0.415 e. The van der Waals surface area contributed by atoms with Gasteiger partial charge in [0.1, 0.15) is 5.82 Å². The molecule has 194 valence electrons. The Hall–Kier alpha value is -4.52. The predicted octanol–water partition coefficient (Wildman–Crippen LogP) is 3.17. The Bertz CT molecular complexity index is 1640. The van der Waals surface area contributed by atoms with Crippen LogP contribution in [0.25, 0.3) is 28.2 Å². The first-order chi connectivity index (χ1) is 18.5. The minimum atomic E-state index is -2.88. The number of pyridine rings is 2. The van der Waals surface area contributed by atoms with Crippen molar-refractivity contribution in [2.75, 3.05) is 31.1 Å². The van der Waals surface area contributed by atoms with Gasteiger partial charge < -0.3 is 14.6 Å². The highest BCUT2D eigenvalue weighted by molar-refractivity contribution is 5.83. The van der Waals surface area contributed by atoms with E-state index < -0.39 is 18.1 Å². The summed E-state index contributed by atoms with van der Waals surface area (Å²) < 4.78 is 48.8. The van der Waals surface area contributed by atoms with Gasteiger partial charge in [-0.2, -0.15) is 8.78 Å². The SMILES string of the molecule is O=c1n(Cc2ccc(-c3nnc(C(F)F)o3)cn2)c2cc(F)c(N3CCNCC3)cc2n1-c1cccnc1. The average molecular weight is 522 g/mol. The van der Waals surface area contributed by atoms with Crippen LogP contribution in [0.4, 0.5) is 18.9 Å². The normalized spacial score (nSPS) is 14.1. The Balaban J connectivity index is 1.41. The van der Waals surface area contributed by atoms with Gasteiger partial charge in [-0.1, -0.05) is 0 Å². The molecule has 13 heteroatoms. The summed E-state index contributed by atoms with van der Waals surface area (Å²) >= 11 is 0. The molecular formula is C25H21F3N8O2. The minimum absolute atomic E-state index is 0.0431. The third-order valence-electron chi connectivity index (χ3n) is 6.38. The summed E-state index contributed by atoms with van der Waals surface area (Å²) in [5, 5.41) is 10.2. The number of aromatic nitrogens is 6. The topological polar surface area (TPSA) is 107 Å². The lowest BCUT2D eigenvalue weighted by molar-refractivity contribution is 0.116. The second kappa shape index (κ2) is 9.74. The molecule has 0 unspecified atom stereocenters. The molecule has 1 aliphatic rings. The van der Waals surface area contributed by atoms with Crippen LogP contribution < -0.4 is 15.9 Å². The van der Waals surface area contributed by atoms with Gasteiger partial charge in [-0.3, -0.25) is 19.1 Å². The Kier molecular flexibility index (Phi) is 6.12. The summed E-state index contributed by atoms with van der Waals surface area (Å²) in [6, 6.07) is 9.76. The van der Waals surface area contributed by atoms with Crippen LogP contribution in [-0.2, 0) is 6.54 Å². The van der Waals surface area contributed by atoms with E-state index in [1.54, 1.807) is 42.7 Å². The second-order valence-corrected chi connectivity index (χ2v) is 8.73. The van der Waals surface area contributed by atoms with Gasteiger partial charge in [0.2, 0.25) is 5.89 Å². The molecule has 1 N–H and O–H groups in total. The van der Waals surface area contributed by atoms with E-state index in [0.29, 0.717) is 46.8 Å². The van der Waals surface area contributed by atoms with Crippen LogP contribution in [0.2, 0.25) is 0 Å². The maximum Gasteiger partial charge on any atom is 0.334 e. The van der Waals surface area contributed by atoms with Crippen LogP contribution in [0.3, 0.4) is 0 Å². The van der Waals surface area contributed by atoms with Crippen LogP contribution in [-0.4, -0.2) is 55.5 Å². The number of piperazine rings is 1. The van der Waals surface area contributed by atoms with E-state index in [1.807, 2.05) is 4.90 Å². The number of alkyl halides is 2. The van der Waals surface area contributed by atoms with Gasteiger partial charge in [0.05, 0.1) is 46.4 Å². The number of benzene rings is 1. The number of halogens is 3. The van der Waals surface area contributed by atoms with Crippen LogP contribution in [0.15, 0.2) is 64.2 Å². The number of hydrogen-bond donors (Lipinski definition) is 1. The Labute approximate surface area is 213 Å². The molecule has 0 bridgehead atoms. The van der Waals surface area contributed by atoms with E-state index in [4.69, 9.17) is 4.42 Å². The first-order valence-corrected chi connectivity index (χ1v) is 11.9. The number of nitrogens with zero attached hydrogens (tertiary/aromatic N) is 7. The van der Waals surface area contributed by atoms with Gasteiger partial charge >= 0.3 is 12.1 Å². The molecule has 1 aromatic carbocycles. The highest BCUT2D eigenvalue weighted by atomic mass is 19.3. The Morgan fingerprint density at radius 3 is 2.58 bits per heavy atom. The fourth-order valence-corrected chi connectivity index (χ4v) is 4.54. The molecule has 0 spiro atoms. The maximum absolute atomic E-state index is 15.4. The summed E-state index contributed by atoms with van der Waals surface area (Å²) in [5.41, 5.74) is 2.38. The first-order valence-electron chi connectivity index (χ1n) is 11.9. The van der Waals surface area contributed by atoms with Crippen molar-refractivity contribution in [1.82, 2.24) is 34.6 Å². The number of imidazole rings is 1. The quantitative estimate of drug-likeness (QED) is 0.363. The van der Waals surface area contributed by atoms with Crippen molar-refractivity contribution in [3.8, 4) is 17.1 Å². The zero-order valence-corrected chi connectivity index (χ0v) is 19.9. The van der Waals surface area contributed by atoms with Crippen molar-refractivity contribution < 1.29 is 17.6 Å². The number of nitrogens with one attached hydrogen (secondary N) is 1. The molecule has 0 aliphatic carbocycles. The molecule has 1 aliphatic heterocycles. The summed E-state index contributed by atoms with van der Waals surface area (Å²) in [7, 11) is 0. The van der Waals surface area contributed by atoms with E-state index in [1.165, 1.54) is 21.4 Å². The molecule has 10 nitrogen and oxygen atoms in total. The van der Waals surface area contributed by atoms with E-state index in [9.17, 15) is 13.6 Å². The largest absolute Gasteiger partial charge is 0.415 e. The molecule has 0 radical (unpaired) electrons. The fraction of sp³-hybridized carbons (Fsp3) is 0.240. The van der Waals surface area contributed by atoms with Crippen molar-refractivity contribution in [3.63, 3.8) is 0 Å². The zero-order valence-electron chi connectivity index (χ0n) is 19.9. The van der Waals surface area contributed by atoms with E-state index in [0.717, 1.165) is 13.1 Å². The van der Waals surface area contributed by atoms with Crippen LogP contribution in [0.5, 0.6) is 0 Å². The lowest BCUT2D eigenvalue weighted by atomic mass is 10.2. The van der Waals surface area contributed by atoms with Crippen LogP contribution in [0, 0.1) is 5.82 Å². The second-order valence-electron chi connectivity index (χ2n) is 8.73. The number of rotatable bonds is 6. The monoisotopic (exact) mass is 522 g/mol. The standard InChI is InChI=1S/C25H21F3N8O2/c26-18-10-20-21(11-19(18)34-8-6-29-7-9-34)36(17-2-1-5-30-13-17)25(37)35(20)14-16-4-3-15(12-31-16)23-32-33-24(38-23)22(27)28/h1-5,10-13,22,29H,6-9,14H2. The van der Waals surface area contributed by atoms with Gasteiger partial charge in [0, 0.05) is 44.6 Å². The molecule has 38 heavy (non-hydrogen) atoms. The molecule has 1 saturated heterocycles. The zero-order chi connectivity index (χ0) is 26.2. The van der Waals surface area contributed by atoms with Gasteiger partial charge in [0.15, 0.2) is 0 Å². The number of hydrogen-bond acceptors (Lipinski definition) is 8. The molecule has 1 fully saturated rings. The fourth-order valence-electron chi connectivity index (χ4n) is 4.54. The first kappa shape index (κ1) is 23.9. The lowest BCUT2D eigenvalue weighted by Gasteiger charge is -2.29. The van der Waals surface area contributed by atoms with E-state index in [-0.39, 0.29) is 18.1 Å². The third kappa shape index (κ3) is 4.30. The lowest BCUT2D eigenvalue weighted by Crippen LogP contribution is -2.43. The van der Waals surface area contributed by atoms with Crippen LogP contribution >= 0.6 is 0 Å². The summed E-state index contributed by atoms with van der Waals surface area (Å²) in [5.74, 6) is -1.29. The Morgan fingerprint density at radius 1 is 1.05 bits per heavy atom.